The van der Waals surface area contributed by atoms with Crippen LogP contribution in [-0.2, 0) is 4.79 Å². The number of nitrogens with one attached hydrogen (secondary N) is 1. The number of aliphatic hydroxyl groups excluding tert-OH is 5. The van der Waals surface area contributed by atoms with Gasteiger partial charge in [-0.1, -0.05) is 0 Å². The standard InChI is InChI=1S/C6H12O6.C2H6N2/c7-1-3(9)5(11)6(12)4(10)2-8;1-2(3)4/h1,3-6,8-12H,2H2;1H3,(H3,3,4)/t3-,4+,5+,6+;/m0./s1. The van der Waals surface area contributed by atoms with Crippen molar-refractivity contribution in [1.82, 2.24) is 0 Å². The third-order valence-electron chi connectivity index (χ3n) is 1.42. The molecule has 0 spiro atoms. The highest BCUT2D eigenvalue weighted by molar-refractivity contribution is 5.73. The molecule has 96 valence electrons. The van der Waals surface area contributed by atoms with Gasteiger partial charge in [0.1, 0.15) is 24.4 Å². The van der Waals surface area contributed by atoms with E-state index in [-0.39, 0.29) is 12.1 Å². The third-order valence-corrected chi connectivity index (χ3v) is 1.42. The second-order valence-electron chi connectivity index (χ2n) is 3.04. The van der Waals surface area contributed by atoms with Gasteiger partial charge in [0.15, 0.2) is 6.29 Å². The molecular formula is C8H18N2O6. The van der Waals surface area contributed by atoms with Gasteiger partial charge in [0.05, 0.1) is 12.4 Å². The normalized spacial score (nSPS) is 17.4. The zero-order valence-corrected chi connectivity index (χ0v) is 8.82. The summed E-state index contributed by atoms with van der Waals surface area (Å²) in [6.45, 7) is 0.768. The summed E-state index contributed by atoms with van der Waals surface area (Å²) in [6.07, 6.45) is -6.84. The van der Waals surface area contributed by atoms with E-state index in [1.165, 1.54) is 6.92 Å². The Kier molecular flexibility index (Phi) is 9.96. The maximum Gasteiger partial charge on any atom is 0.151 e. The maximum atomic E-state index is 9.90. The first kappa shape index (κ1) is 17.3. The van der Waals surface area contributed by atoms with Crippen LogP contribution in [0.15, 0.2) is 0 Å². The fraction of sp³-hybridized carbons (Fsp3) is 0.750. The van der Waals surface area contributed by atoms with E-state index in [0.29, 0.717) is 0 Å². The summed E-state index contributed by atoms with van der Waals surface area (Å²) in [6, 6.07) is 0. The maximum absolute atomic E-state index is 9.90. The predicted octanol–water partition coefficient (Wildman–Crippen LogP) is -3.44. The number of carbonyl (C=O) groups excluding carboxylic acids is 1. The van der Waals surface area contributed by atoms with Crippen molar-refractivity contribution in [3.8, 4) is 0 Å². The number of amidine groups is 1. The Morgan fingerprint density at radius 2 is 1.69 bits per heavy atom. The van der Waals surface area contributed by atoms with Gasteiger partial charge in [0, 0.05) is 0 Å². The number of rotatable bonds is 5. The van der Waals surface area contributed by atoms with Crippen LogP contribution in [0, 0.1) is 5.41 Å². The van der Waals surface area contributed by atoms with Crippen molar-refractivity contribution in [2.24, 2.45) is 5.73 Å². The fourth-order valence-electron chi connectivity index (χ4n) is 0.618. The van der Waals surface area contributed by atoms with Gasteiger partial charge in [-0.15, -0.1) is 0 Å². The Hall–Kier alpha value is -1.06. The van der Waals surface area contributed by atoms with Crippen LogP contribution in [-0.4, -0.2) is 68.7 Å². The van der Waals surface area contributed by atoms with E-state index in [4.69, 9.17) is 36.7 Å². The average molecular weight is 238 g/mol. The molecule has 0 aromatic carbocycles. The first-order chi connectivity index (χ1) is 7.27. The predicted molar refractivity (Wildman–Crippen MR) is 54.8 cm³/mol. The van der Waals surface area contributed by atoms with E-state index in [2.05, 4.69) is 0 Å². The Morgan fingerprint density at radius 3 is 1.94 bits per heavy atom. The Labute approximate surface area is 92.5 Å². The Balaban J connectivity index is 0. The van der Waals surface area contributed by atoms with Crippen LogP contribution < -0.4 is 5.73 Å². The highest BCUT2D eigenvalue weighted by atomic mass is 16.4. The minimum Gasteiger partial charge on any atom is -0.394 e. The number of hydrogen-bond acceptors (Lipinski definition) is 7. The van der Waals surface area contributed by atoms with Crippen LogP contribution in [0.3, 0.4) is 0 Å². The molecule has 16 heavy (non-hydrogen) atoms. The van der Waals surface area contributed by atoms with Gasteiger partial charge in [-0.05, 0) is 6.92 Å². The zero-order valence-electron chi connectivity index (χ0n) is 8.82. The van der Waals surface area contributed by atoms with Gasteiger partial charge >= 0.3 is 0 Å². The van der Waals surface area contributed by atoms with Gasteiger partial charge in [-0.25, -0.2) is 0 Å². The lowest BCUT2D eigenvalue weighted by molar-refractivity contribution is -0.136. The van der Waals surface area contributed by atoms with Crippen molar-refractivity contribution < 1.29 is 30.3 Å². The third kappa shape index (κ3) is 8.26. The van der Waals surface area contributed by atoms with Crippen molar-refractivity contribution in [3.63, 3.8) is 0 Å². The van der Waals surface area contributed by atoms with Crippen molar-refractivity contribution in [1.29, 1.82) is 5.41 Å². The summed E-state index contributed by atoms with van der Waals surface area (Å²) < 4.78 is 0. The molecule has 0 radical (unpaired) electrons. The van der Waals surface area contributed by atoms with E-state index in [1.807, 2.05) is 0 Å². The molecule has 0 bridgehead atoms. The molecule has 0 aromatic rings. The molecule has 0 fully saturated rings. The first-order valence-electron chi connectivity index (χ1n) is 4.36. The second-order valence-corrected chi connectivity index (χ2v) is 3.04. The number of carbonyl (C=O) groups is 1. The molecule has 0 heterocycles. The highest BCUT2D eigenvalue weighted by Gasteiger charge is 2.29. The SMILES string of the molecule is CC(=N)N.O=C[C@H](O)[C@@H](O)[C@H](O)[C@H](O)CO. The molecule has 0 amide bonds. The molecule has 0 unspecified atom stereocenters. The van der Waals surface area contributed by atoms with Crippen LogP contribution in [0.4, 0.5) is 0 Å². The molecule has 0 saturated carbocycles. The number of hydrogen-bond donors (Lipinski definition) is 7. The molecule has 0 aliphatic heterocycles. The zero-order chi connectivity index (χ0) is 13.3. The first-order valence-corrected chi connectivity index (χ1v) is 4.36. The highest BCUT2D eigenvalue weighted by Crippen LogP contribution is 2.02. The summed E-state index contributed by atoms with van der Waals surface area (Å²) in [5, 5.41) is 49.8. The smallest absolute Gasteiger partial charge is 0.151 e. The van der Waals surface area contributed by atoms with Crippen molar-refractivity contribution in [3.05, 3.63) is 0 Å². The van der Waals surface area contributed by atoms with Gasteiger partial charge in [0.25, 0.3) is 0 Å². The lowest BCUT2D eigenvalue weighted by Gasteiger charge is -2.22. The minimum absolute atomic E-state index is 0.0258. The molecule has 0 saturated heterocycles. The molecule has 0 aromatic heterocycles. The monoisotopic (exact) mass is 238 g/mol. The van der Waals surface area contributed by atoms with E-state index in [1.54, 1.807) is 0 Å². The number of aldehydes is 1. The Morgan fingerprint density at radius 1 is 1.31 bits per heavy atom. The minimum atomic E-state index is -1.79. The fourth-order valence-corrected chi connectivity index (χ4v) is 0.618. The summed E-state index contributed by atoms with van der Waals surface area (Å²) in [5.74, 6) is 0.167. The summed E-state index contributed by atoms with van der Waals surface area (Å²) >= 11 is 0. The molecule has 0 rings (SSSR count). The summed E-state index contributed by atoms with van der Waals surface area (Å²) in [5.41, 5.74) is 4.69. The van der Waals surface area contributed by atoms with Crippen LogP contribution >= 0.6 is 0 Å². The van der Waals surface area contributed by atoms with Gasteiger partial charge in [-0.2, -0.15) is 0 Å². The van der Waals surface area contributed by atoms with Crippen molar-refractivity contribution in [2.45, 2.75) is 31.3 Å². The van der Waals surface area contributed by atoms with Crippen molar-refractivity contribution >= 4 is 12.1 Å². The molecule has 0 aliphatic carbocycles. The van der Waals surface area contributed by atoms with E-state index < -0.39 is 31.0 Å². The topological polar surface area (TPSA) is 168 Å². The lowest BCUT2D eigenvalue weighted by Crippen LogP contribution is -2.46. The molecular weight excluding hydrogens is 220 g/mol. The number of aliphatic hydroxyl groups is 5. The van der Waals surface area contributed by atoms with Crippen LogP contribution in [0.5, 0.6) is 0 Å². The Bertz CT molecular complexity index is 209. The molecule has 8 N–H and O–H groups in total. The van der Waals surface area contributed by atoms with Crippen LogP contribution in [0.1, 0.15) is 6.92 Å². The average Bonchev–Trinajstić information content (AvgIpc) is 2.24. The molecule has 8 heteroatoms. The largest absolute Gasteiger partial charge is 0.394 e. The quantitative estimate of drug-likeness (QED) is 0.148. The number of nitrogens with two attached hydrogens (primary N) is 1. The lowest BCUT2D eigenvalue weighted by atomic mass is 10.0. The van der Waals surface area contributed by atoms with E-state index in [0.717, 1.165) is 0 Å². The van der Waals surface area contributed by atoms with Crippen LogP contribution in [0.25, 0.3) is 0 Å². The van der Waals surface area contributed by atoms with Gasteiger partial charge < -0.3 is 36.1 Å². The van der Waals surface area contributed by atoms with Crippen LogP contribution in [0.2, 0.25) is 0 Å². The second kappa shape index (κ2) is 9.19. The summed E-state index contributed by atoms with van der Waals surface area (Å²) in [7, 11) is 0. The molecule has 8 nitrogen and oxygen atoms in total. The summed E-state index contributed by atoms with van der Waals surface area (Å²) in [4.78, 5) is 9.90. The van der Waals surface area contributed by atoms with Gasteiger partial charge in [0.2, 0.25) is 0 Å². The van der Waals surface area contributed by atoms with Crippen molar-refractivity contribution in [2.75, 3.05) is 6.61 Å². The molecule has 4 atom stereocenters. The molecule has 0 aliphatic rings. The van der Waals surface area contributed by atoms with E-state index >= 15 is 0 Å². The van der Waals surface area contributed by atoms with Gasteiger partial charge in [-0.3, -0.25) is 5.41 Å². The van der Waals surface area contributed by atoms with E-state index in [9.17, 15) is 4.79 Å².